The molecule has 1 atom stereocenters. The molecule has 0 aliphatic carbocycles. The van der Waals surface area contributed by atoms with Gasteiger partial charge in [-0.25, -0.2) is 0 Å². The van der Waals surface area contributed by atoms with E-state index in [1.165, 1.54) is 30.6 Å². The van der Waals surface area contributed by atoms with Crippen LogP contribution in [0.2, 0.25) is 0 Å². The maximum atomic E-state index is 13.3. The van der Waals surface area contributed by atoms with Crippen LogP contribution < -0.4 is 15.0 Å². The smallest absolute Gasteiger partial charge is 0.287 e. The van der Waals surface area contributed by atoms with Gasteiger partial charge in [0.1, 0.15) is 5.75 Å². The Morgan fingerprint density at radius 3 is 2.35 bits per heavy atom. The molecule has 4 nitrogen and oxygen atoms in total. The first-order chi connectivity index (χ1) is 12.8. The Labute approximate surface area is 156 Å². The zero-order valence-corrected chi connectivity index (χ0v) is 15.5. The summed E-state index contributed by atoms with van der Waals surface area (Å²) in [6.45, 7) is 4.61. The van der Waals surface area contributed by atoms with Gasteiger partial charge in [-0.3, -0.25) is 4.79 Å². The highest BCUT2D eigenvalue weighted by Gasteiger charge is 2.32. The zero-order valence-electron chi connectivity index (χ0n) is 15.5. The van der Waals surface area contributed by atoms with Crippen LogP contribution in [0.4, 0.5) is 5.69 Å². The molecule has 1 saturated heterocycles. The maximum absolute atomic E-state index is 13.3. The topological polar surface area (TPSA) is 42.8 Å². The van der Waals surface area contributed by atoms with Crippen molar-refractivity contribution in [3.63, 3.8) is 0 Å². The first-order valence-electron chi connectivity index (χ1n) is 9.72. The maximum Gasteiger partial charge on any atom is 0.287 e. The Balaban J connectivity index is 1.85. The lowest BCUT2D eigenvalue weighted by molar-refractivity contribution is -0.921. The van der Waals surface area contributed by atoms with Gasteiger partial charge in [0.05, 0.1) is 25.4 Å². The van der Waals surface area contributed by atoms with Crippen molar-refractivity contribution in [3.8, 4) is 5.75 Å². The number of anilines is 1. The number of hydrogen-bond acceptors (Lipinski definition) is 2. The number of para-hydroxylation sites is 2. The second-order valence-electron chi connectivity index (χ2n) is 6.83. The summed E-state index contributed by atoms with van der Waals surface area (Å²) in [5.74, 6) is 0.765. The third-order valence-corrected chi connectivity index (χ3v) is 4.99. The number of hydrogen-bond donors (Lipinski definition) is 2. The van der Waals surface area contributed by atoms with Crippen LogP contribution in [0.5, 0.6) is 5.75 Å². The van der Waals surface area contributed by atoms with Crippen LogP contribution in [0.1, 0.15) is 44.2 Å². The summed E-state index contributed by atoms with van der Waals surface area (Å²) in [6.07, 6.45) is 4.89. The van der Waals surface area contributed by atoms with E-state index in [1.807, 2.05) is 49.4 Å². The fraction of sp³-hybridized carbons (Fsp3) is 0.409. The molecule has 2 aromatic rings. The molecule has 1 amide bonds. The second kappa shape index (κ2) is 9.39. The van der Waals surface area contributed by atoms with Crippen LogP contribution in [-0.2, 0) is 4.79 Å². The first-order valence-corrected chi connectivity index (χ1v) is 9.72. The summed E-state index contributed by atoms with van der Waals surface area (Å²) < 4.78 is 5.67. The van der Waals surface area contributed by atoms with E-state index >= 15 is 0 Å². The Morgan fingerprint density at radius 2 is 1.65 bits per heavy atom. The molecule has 1 aliphatic heterocycles. The highest BCUT2D eigenvalue weighted by molar-refractivity contribution is 5.95. The van der Waals surface area contributed by atoms with Crippen molar-refractivity contribution in [3.05, 3.63) is 60.2 Å². The molecule has 0 spiro atoms. The molecule has 0 bridgehead atoms. The fourth-order valence-corrected chi connectivity index (χ4v) is 3.75. The van der Waals surface area contributed by atoms with Crippen LogP contribution in [-0.4, -0.2) is 25.6 Å². The molecule has 1 aliphatic rings. The standard InChI is InChI=1S/C22H28N2O2/c1-2-26-20-15-9-8-14-19(20)23-22(25)21(18-12-6-5-7-13-18)24-16-10-3-4-11-17-24/h5-9,12-15,21H,2-4,10-11,16-17H2,1H3,(H,23,25)/p+1/t21-/m1/s1. The Kier molecular flexibility index (Phi) is 6.67. The van der Waals surface area contributed by atoms with Crippen molar-refractivity contribution in [2.75, 3.05) is 25.0 Å². The summed E-state index contributed by atoms with van der Waals surface area (Å²) in [5.41, 5.74) is 1.82. The molecular formula is C22H29N2O2+. The minimum atomic E-state index is -0.191. The van der Waals surface area contributed by atoms with E-state index in [9.17, 15) is 4.79 Å². The van der Waals surface area contributed by atoms with Gasteiger partial charge in [0.25, 0.3) is 5.91 Å². The SMILES string of the molecule is CCOc1ccccc1NC(=O)[C@@H](c1ccccc1)[NH+]1CCCCCC1. The molecule has 26 heavy (non-hydrogen) atoms. The quantitative estimate of drug-likeness (QED) is 0.837. The van der Waals surface area contributed by atoms with Crippen molar-refractivity contribution < 1.29 is 14.4 Å². The minimum absolute atomic E-state index is 0.0419. The Morgan fingerprint density at radius 1 is 1.00 bits per heavy atom. The number of likely N-dealkylation sites (tertiary alicyclic amines) is 1. The number of rotatable bonds is 6. The van der Waals surface area contributed by atoms with Gasteiger partial charge in [-0.2, -0.15) is 0 Å². The second-order valence-corrected chi connectivity index (χ2v) is 6.83. The molecule has 1 heterocycles. The van der Waals surface area contributed by atoms with Crippen LogP contribution in [0.15, 0.2) is 54.6 Å². The lowest BCUT2D eigenvalue weighted by atomic mass is 10.0. The van der Waals surface area contributed by atoms with Gasteiger partial charge in [0, 0.05) is 5.56 Å². The number of ether oxygens (including phenoxy) is 1. The van der Waals surface area contributed by atoms with Gasteiger partial charge >= 0.3 is 0 Å². The van der Waals surface area contributed by atoms with Crippen LogP contribution in [0.25, 0.3) is 0 Å². The molecule has 2 aromatic carbocycles. The molecule has 3 rings (SSSR count). The van der Waals surface area contributed by atoms with E-state index < -0.39 is 0 Å². The van der Waals surface area contributed by atoms with Crippen molar-refractivity contribution in [2.45, 2.75) is 38.6 Å². The lowest BCUT2D eigenvalue weighted by Gasteiger charge is -2.27. The Bertz CT molecular complexity index is 694. The van der Waals surface area contributed by atoms with Crippen molar-refractivity contribution >= 4 is 11.6 Å². The summed E-state index contributed by atoms with van der Waals surface area (Å²) in [6, 6.07) is 17.6. The molecule has 0 unspecified atom stereocenters. The van der Waals surface area contributed by atoms with Gasteiger partial charge in [-0.1, -0.05) is 42.5 Å². The lowest BCUT2D eigenvalue weighted by Crippen LogP contribution is -3.13. The number of amides is 1. The van der Waals surface area contributed by atoms with Gasteiger partial charge in [-0.15, -0.1) is 0 Å². The normalized spacial score (nSPS) is 16.5. The summed E-state index contributed by atoms with van der Waals surface area (Å²) in [5, 5.41) is 3.13. The van der Waals surface area contributed by atoms with E-state index in [1.54, 1.807) is 0 Å². The molecule has 0 aromatic heterocycles. The summed E-state index contributed by atoms with van der Waals surface area (Å²) in [7, 11) is 0. The zero-order chi connectivity index (χ0) is 18.2. The van der Waals surface area contributed by atoms with Crippen molar-refractivity contribution in [1.29, 1.82) is 0 Å². The summed E-state index contributed by atoms with van der Waals surface area (Å²) >= 11 is 0. The fourth-order valence-electron chi connectivity index (χ4n) is 3.75. The minimum Gasteiger partial charge on any atom is -0.492 e. The van der Waals surface area contributed by atoms with Crippen LogP contribution >= 0.6 is 0 Å². The number of nitrogens with one attached hydrogen (secondary N) is 2. The largest absolute Gasteiger partial charge is 0.492 e. The van der Waals surface area contributed by atoms with E-state index in [2.05, 4.69) is 17.4 Å². The van der Waals surface area contributed by atoms with E-state index in [0.29, 0.717) is 6.61 Å². The molecule has 4 heteroatoms. The van der Waals surface area contributed by atoms with E-state index in [-0.39, 0.29) is 11.9 Å². The molecule has 2 N–H and O–H groups in total. The Hall–Kier alpha value is -2.33. The van der Waals surface area contributed by atoms with Gasteiger partial charge in [0.15, 0.2) is 6.04 Å². The highest BCUT2D eigenvalue weighted by atomic mass is 16.5. The van der Waals surface area contributed by atoms with Gasteiger partial charge < -0.3 is 15.0 Å². The molecule has 1 fully saturated rings. The number of quaternary nitrogens is 1. The van der Waals surface area contributed by atoms with Crippen LogP contribution in [0.3, 0.4) is 0 Å². The first kappa shape index (κ1) is 18.5. The molecule has 0 saturated carbocycles. The van der Waals surface area contributed by atoms with Crippen molar-refractivity contribution in [1.82, 2.24) is 0 Å². The number of benzene rings is 2. The van der Waals surface area contributed by atoms with Crippen molar-refractivity contribution in [2.24, 2.45) is 0 Å². The number of carbonyl (C=O) groups excluding carboxylic acids is 1. The van der Waals surface area contributed by atoms with E-state index in [0.717, 1.165) is 30.1 Å². The third-order valence-electron chi connectivity index (χ3n) is 4.99. The highest BCUT2D eigenvalue weighted by Crippen LogP contribution is 2.25. The van der Waals surface area contributed by atoms with Crippen LogP contribution in [0, 0.1) is 0 Å². The molecule has 138 valence electrons. The summed E-state index contributed by atoms with van der Waals surface area (Å²) in [4.78, 5) is 14.7. The van der Waals surface area contributed by atoms with E-state index in [4.69, 9.17) is 4.74 Å². The molecule has 0 radical (unpaired) electrons. The number of carbonyl (C=O) groups is 1. The predicted molar refractivity (Wildman–Crippen MR) is 105 cm³/mol. The van der Waals surface area contributed by atoms with Gasteiger partial charge in [-0.05, 0) is 44.7 Å². The average molecular weight is 353 g/mol. The predicted octanol–water partition coefficient (Wildman–Crippen LogP) is 3.22. The monoisotopic (exact) mass is 353 g/mol. The third kappa shape index (κ3) is 4.64. The van der Waals surface area contributed by atoms with Gasteiger partial charge in [0.2, 0.25) is 0 Å². The molecular weight excluding hydrogens is 324 g/mol. The average Bonchev–Trinajstić information content (AvgIpc) is 2.94.